The van der Waals surface area contributed by atoms with Crippen molar-refractivity contribution in [2.24, 2.45) is 5.41 Å². The first kappa shape index (κ1) is 23.6. The van der Waals surface area contributed by atoms with Crippen LogP contribution in [0.15, 0.2) is 72.9 Å². The highest BCUT2D eigenvalue weighted by Crippen LogP contribution is 2.34. The first-order valence-corrected chi connectivity index (χ1v) is 11.9. The molecular weight excluding hydrogens is 422 g/mol. The van der Waals surface area contributed by atoms with Gasteiger partial charge in [-0.15, -0.1) is 0 Å². The van der Waals surface area contributed by atoms with Crippen LogP contribution < -0.4 is 4.74 Å². The maximum Gasteiger partial charge on any atom is 0.336 e. The first-order chi connectivity index (χ1) is 16.3. The fraction of sp³-hybridized carbons (Fsp3) is 0.300. The Labute approximate surface area is 201 Å². The topological polar surface area (TPSA) is 51.5 Å². The number of carbonyl (C=O) groups is 1. The van der Waals surface area contributed by atoms with Crippen molar-refractivity contribution in [1.82, 2.24) is 4.57 Å². The van der Waals surface area contributed by atoms with E-state index in [0.717, 1.165) is 36.3 Å². The van der Waals surface area contributed by atoms with E-state index in [1.165, 1.54) is 16.5 Å². The van der Waals surface area contributed by atoms with E-state index in [1.54, 1.807) is 12.1 Å². The summed E-state index contributed by atoms with van der Waals surface area (Å²) in [6.45, 7) is 10.0. The third-order valence-electron chi connectivity index (χ3n) is 6.03. The van der Waals surface area contributed by atoms with Crippen molar-refractivity contribution in [3.63, 3.8) is 0 Å². The van der Waals surface area contributed by atoms with Crippen LogP contribution in [0.3, 0.4) is 0 Å². The number of aromatic nitrogens is 1. The highest BCUT2D eigenvalue weighted by molar-refractivity contribution is 5.92. The van der Waals surface area contributed by atoms with E-state index in [1.807, 2.05) is 42.5 Å². The van der Waals surface area contributed by atoms with Crippen molar-refractivity contribution >= 4 is 16.9 Å². The van der Waals surface area contributed by atoms with E-state index in [-0.39, 0.29) is 17.6 Å². The van der Waals surface area contributed by atoms with Gasteiger partial charge in [-0.2, -0.15) is 0 Å². The minimum absolute atomic E-state index is 0.181. The van der Waals surface area contributed by atoms with Crippen molar-refractivity contribution < 1.29 is 14.6 Å². The molecule has 0 radical (unpaired) electrons. The molecule has 0 unspecified atom stereocenters. The Morgan fingerprint density at radius 3 is 2.38 bits per heavy atom. The zero-order valence-electron chi connectivity index (χ0n) is 20.5. The van der Waals surface area contributed by atoms with E-state index < -0.39 is 5.97 Å². The van der Waals surface area contributed by atoms with Gasteiger partial charge in [-0.05, 0) is 47.2 Å². The number of aromatic carboxylic acids is 1. The van der Waals surface area contributed by atoms with Gasteiger partial charge in [0.15, 0.2) is 0 Å². The van der Waals surface area contributed by atoms with Gasteiger partial charge in [-0.3, -0.25) is 0 Å². The van der Waals surface area contributed by atoms with Gasteiger partial charge in [-0.25, -0.2) is 4.79 Å². The van der Waals surface area contributed by atoms with Crippen LogP contribution in [-0.2, 0) is 19.6 Å². The third-order valence-corrected chi connectivity index (χ3v) is 6.03. The van der Waals surface area contributed by atoms with Gasteiger partial charge in [0.05, 0.1) is 5.56 Å². The van der Waals surface area contributed by atoms with Gasteiger partial charge in [0.1, 0.15) is 12.4 Å². The fourth-order valence-corrected chi connectivity index (χ4v) is 4.59. The molecule has 0 amide bonds. The third kappa shape index (κ3) is 5.01. The Morgan fingerprint density at radius 1 is 0.941 bits per heavy atom. The summed E-state index contributed by atoms with van der Waals surface area (Å²) in [6, 6.07) is 21.6. The van der Waals surface area contributed by atoms with Gasteiger partial charge >= 0.3 is 5.97 Å². The Bertz CT molecular complexity index is 1300. The first-order valence-electron chi connectivity index (χ1n) is 11.9. The molecule has 4 nitrogen and oxygen atoms in total. The number of carboxylic acids is 1. The summed E-state index contributed by atoms with van der Waals surface area (Å²) < 4.78 is 8.69. The summed E-state index contributed by atoms with van der Waals surface area (Å²) in [4.78, 5) is 12.0. The zero-order valence-corrected chi connectivity index (χ0v) is 20.5. The number of hydrogen-bond acceptors (Lipinski definition) is 2. The number of aryl methyl sites for hydroxylation is 1. The summed E-state index contributed by atoms with van der Waals surface area (Å²) in [7, 11) is 0. The molecule has 1 heterocycles. The monoisotopic (exact) mass is 455 g/mol. The minimum Gasteiger partial charge on any atom is -0.489 e. The lowest BCUT2D eigenvalue weighted by Crippen LogP contribution is -2.14. The van der Waals surface area contributed by atoms with E-state index in [9.17, 15) is 9.90 Å². The normalized spacial score (nSPS) is 11.6. The van der Waals surface area contributed by atoms with Crippen molar-refractivity contribution in [1.29, 1.82) is 0 Å². The lowest BCUT2D eigenvalue weighted by atomic mass is 9.95. The summed E-state index contributed by atoms with van der Waals surface area (Å²) in [6.07, 6.45) is 4.06. The maximum absolute atomic E-state index is 12.0. The number of carboxylic acid groups (broad SMARTS) is 1. The smallest absolute Gasteiger partial charge is 0.336 e. The molecule has 4 aromatic rings. The minimum atomic E-state index is -0.945. The lowest BCUT2D eigenvalue weighted by molar-refractivity contribution is 0.0694. The molecule has 0 aliphatic carbocycles. The second kappa shape index (κ2) is 9.76. The zero-order chi connectivity index (χ0) is 24.3. The van der Waals surface area contributed by atoms with Crippen LogP contribution >= 0.6 is 0 Å². The number of benzene rings is 3. The molecule has 34 heavy (non-hydrogen) atoms. The number of hydrogen-bond donors (Lipinski definition) is 1. The van der Waals surface area contributed by atoms with Crippen LogP contribution in [0.1, 0.15) is 55.6 Å². The predicted octanol–water partition coefficient (Wildman–Crippen LogP) is 7.58. The highest BCUT2D eigenvalue weighted by Gasteiger charge is 2.19. The van der Waals surface area contributed by atoms with Gasteiger partial charge in [0.25, 0.3) is 0 Å². The van der Waals surface area contributed by atoms with Gasteiger partial charge < -0.3 is 14.4 Å². The van der Waals surface area contributed by atoms with Crippen LogP contribution in [0, 0.1) is 5.41 Å². The fourth-order valence-electron chi connectivity index (χ4n) is 4.59. The molecule has 0 aliphatic heterocycles. The molecule has 0 saturated heterocycles. The molecule has 3 aromatic carbocycles. The Morgan fingerprint density at radius 2 is 1.71 bits per heavy atom. The Balaban J connectivity index is 1.73. The maximum atomic E-state index is 12.0. The number of nitrogens with zero attached hydrogens (tertiary/aromatic N) is 1. The molecule has 0 atom stereocenters. The van der Waals surface area contributed by atoms with Crippen LogP contribution in [0.5, 0.6) is 5.75 Å². The molecule has 4 rings (SSSR count). The van der Waals surface area contributed by atoms with E-state index in [2.05, 4.69) is 50.6 Å². The molecule has 4 heteroatoms. The summed E-state index contributed by atoms with van der Waals surface area (Å²) in [5.74, 6) is -0.123. The average Bonchev–Trinajstić information content (AvgIpc) is 3.20. The van der Waals surface area contributed by atoms with Crippen molar-refractivity contribution in [2.45, 2.75) is 53.7 Å². The molecule has 0 spiro atoms. The van der Waals surface area contributed by atoms with Crippen LogP contribution in [0.4, 0.5) is 0 Å². The second-order valence-corrected chi connectivity index (χ2v) is 10.0. The summed E-state index contributed by atoms with van der Waals surface area (Å²) >= 11 is 0. The largest absolute Gasteiger partial charge is 0.489 e. The number of rotatable bonds is 8. The van der Waals surface area contributed by atoms with Gasteiger partial charge in [0.2, 0.25) is 0 Å². The molecule has 0 fully saturated rings. The predicted molar refractivity (Wildman–Crippen MR) is 139 cm³/mol. The SMILES string of the molecule is CCCc1c(OCc2c(C(=O)O)cccc2-c2ccccc2)ccc2c1ccn2CC(C)(C)C. The van der Waals surface area contributed by atoms with Crippen molar-refractivity contribution in [3.8, 4) is 16.9 Å². The Hall–Kier alpha value is -3.53. The van der Waals surface area contributed by atoms with Crippen LogP contribution in [0.2, 0.25) is 0 Å². The van der Waals surface area contributed by atoms with E-state index >= 15 is 0 Å². The molecule has 0 aliphatic rings. The summed E-state index contributed by atoms with van der Waals surface area (Å²) in [5.41, 5.74) is 5.40. The Kier molecular flexibility index (Phi) is 6.78. The number of fused-ring (bicyclic) bond motifs is 1. The lowest BCUT2D eigenvalue weighted by Gasteiger charge is -2.20. The second-order valence-electron chi connectivity index (χ2n) is 10.0. The van der Waals surface area contributed by atoms with Crippen molar-refractivity contribution in [2.75, 3.05) is 0 Å². The highest BCUT2D eigenvalue weighted by atomic mass is 16.5. The van der Waals surface area contributed by atoms with Gasteiger partial charge in [-0.1, -0.05) is 76.6 Å². The molecule has 176 valence electrons. The average molecular weight is 456 g/mol. The number of ether oxygens (including phenoxy) is 1. The van der Waals surface area contributed by atoms with Crippen molar-refractivity contribution in [3.05, 3.63) is 89.6 Å². The molecule has 0 saturated carbocycles. The summed E-state index contributed by atoms with van der Waals surface area (Å²) in [5, 5.41) is 11.1. The molecule has 1 N–H and O–H groups in total. The molecule has 1 aromatic heterocycles. The van der Waals surface area contributed by atoms with Gasteiger partial charge in [0, 0.05) is 34.8 Å². The van der Waals surface area contributed by atoms with E-state index in [4.69, 9.17) is 4.74 Å². The van der Waals surface area contributed by atoms with E-state index in [0.29, 0.717) is 5.56 Å². The standard InChI is InChI=1S/C30H33NO3/c1-5-10-24-23-17-18-31(20-30(2,3)4)27(23)15-16-28(24)34-19-26-22(21-11-7-6-8-12-21)13-9-14-25(26)29(32)33/h6-9,11-18H,5,10,19-20H2,1-4H3,(H,32,33). The molecular formula is C30H33NO3. The van der Waals surface area contributed by atoms with Crippen LogP contribution in [-0.4, -0.2) is 15.6 Å². The quantitative estimate of drug-likeness (QED) is 0.298. The van der Waals surface area contributed by atoms with Crippen LogP contribution in [0.25, 0.3) is 22.0 Å². The molecule has 0 bridgehead atoms.